The van der Waals surface area contributed by atoms with Gasteiger partial charge in [0.2, 0.25) is 0 Å². The summed E-state index contributed by atoms with van der Waals surface area (Å²) >= 11 is 3.46. The van der Waals surface area contributed by atoms with Crippen molar-refractivity contribution in [3.05, 3.63) is 28.5 Å². The molecule has 0 saturated heterocycles. The fourth-order valence-corrected chi connectivity index (χ4v) is 2.71. The van der Waals surface area contributed by atoms with Gasteiger partial charge in [0.05, 0.1) is 0 Å². The molecule has 1 aromatic rings. The summed E-state index contributed by atoms with van der Waals surface area (Å²) in [4.78, 5) is 6.57. The number of rotatable bonds is 5. The largest absolute Gasteiger partial charge is 0.329 e. The minimum Gasteiger partial charge on any atom is -0.329 e. The first kappa shape index (κ1) is 13.0. The molecule has 3 nitrogen and oxygen atoms in total. The molecule has 0 aliphatic heterocycles. The molecule has 94 valence electrons. The van der Waals surface area contributed by atoms with Gasteiger partial charge in [0, 0.05) is 36.0 Å². The minimum atomic E-state index is 0.271. The van der Waals surface area contributed by atoms with Gasteiger partial charge in [-0.25, -0.2) is 0 Å². The second-order valence-corrected chi connectivity index (χ2v) is 6.02. The van der Waals surface area contributed by atoms with Gasteiger partial charge < -0.3 is 5.73 Å². The highest BCUT2D eigenvalue weighted by Crippen LogP contribution is 2.39. The molecule has 4 heteroatoms. The number of halogens is 1. The van der Waals surface area contributed by atoms with Crippen LogP contribution in [0.2, 0.25) is 0 Å². The normalized spacial score (nSPS) is 25.0. The summed E-state index contributed by atoms with van der Waals surface area (Å²) in [6.07, 6.45) is 5.08. The number of hydrogen-bond donors (Lipinski definition) is 1. The maximum Gasteiger partial charge on any atom is 0.0483 e. The quantitative estimate of drug-likeness (QED) is 0.908. The van der Waals surface area contributed by atoms with Crippen molar-refractivity contribution in [2.45, 2.75) is 19.4 Å². The first-order valence-electron chi connectivity index (χ1n) is 6.12. The van der Waals surface area contributed by atoms with E-state index in [2.05, 4.69) is 45.9 Å². The Bertz CT molecular complexity index is 383. The number of likely N-dealkylation sites (N-methyl/N-ethyl adjacent to an activating group) is 1. The highest BCUT2D eigenvalue weighted by Gasteiger charge is 2.34. The van der Waals surface area contributed by atoms with Crippen molar-refractivity contribution in [2.24, 2.45) is 17.6 Å². The molecular formula is C13H20BrN3. The minimum absolute atomic E-state index is 0.271. The van der Waals surface area contributed by atoms with Crippen molar-refractivity contribution in [1.82, 2.24) is 9.88 Å². The molecule has 3 unspecified atom stereocenters. The van der Waals surface area contributed by atoms with E-state index in [1.54, 1.807) is 6.20 Å². The lowest BCUT2D eigenvalue weighted by Gasteiger charge is -2.27. The monoisotopic (exact) mass is 297 g/mol. The lowest BCUT2D eigenvalue weighted by atomic mass is 10.1. The Hall–Kier alpha value is -0.450. The van der Waals surface area contributed by atoms with Gasteiger partial charge in [-0.15, -0.1) is 0 Å². The van der Waals surface area contributed by atoms with Crippen molar-refractivity contribution < 1.29 is 0 Å². The number of nitrogens with two attached hydrogens (primary N) is 1. The zero-order valence-electron chi connectivity index (χ0n) is 10.4. The maximum atomic E-state index is 5.90. The van der Waals surface area contributed by atoms with E-state index in [0.717, 1.165) is 22.9 Å². The van der Waals surface area contributed by atoms with E-state index >= 15 is 0 Å². The highest BCUT2D eigenvalue weighted by molar-refractivity contribution is 9.10. The number of nitrogens with zero attached hydrogens (tertiary/aromatic N) is 2. The van der Waals surface area contributed by atoms with E-state index in [-0.39, 0.29) is 6.04 Å². The third kappa shape index (κ3) is 3.27. The Morgan fingerprint density at radius 3 is 2.82 bits per heavy atom. The average molecular weight is 298 g/mol. The Labute approximate surface area is 112 Å². The van der Waals surface area contributed by atoms with Gasteiger partial charge in [-0.1, -0.05) is 6.92 Å². The van der Waals surface area contributed by atoms with Crippen LogP contribution in [-0.2, 0) is 0 Å². The predicted octanol–water partition coefficient (Wildman–Crippen LogP) is 2.43. The number of pyridine rings is 1. The van der Waals surface area contributed by atoms with Gasteiger partial charge in [-0.2, -0.15) is 0 Å². The summed E-state index contributed by atoms with van der Waals surface area (Å²) in [6, 6.07) is 2.38. The van der Waals surface area contributed by atoms with E-state index in [0.29, 0.717) is 6.54 Å². The van der Waals surface area contributed by atoms with Crippen LogP contribution in [0, 0.1) is 11.8 Å². The summed E-state index contributed by atoms with van der Waals surface area (Å²) < 4.78 is 1.02. The van der Waals surface area contributed by atoms with Crippen LogP contribution >= 0.6 is 15.9 Å². The van der Waals surface area contributed by atoms with Crippen LogP contribution in [0.3, 0.4) is 0 Å². The van der Waals surface area contributed by atoms with Crippen LogP contribution in [0.15, 0.2) is 22.9 Å². The third-order valence-electron chi connectivity index (χ3n) is 3.66. The molecule has 2 N–H and O–H groups in total. The summed E-state index contributed by atoms with van der Waals surface area (Å²) in [5.74, 6) is 1.74. The van der Waals surface area contributed by atoms with E-state index in [1.807, 2.05) is 6.20 Å². The van der Waals surface area contributed by atoms with E-state index in [4.69, 9.17) is 5.73 Å². The lowest BCUT2D eigenvalue weighted by Crippen LogP contribution is -2.32. The highest BCUT2D eigenvalue weighted by atomic mass is 79.9. The fourth-order valence-electron chi connectivity index (χ4n) is 2.33. The molecule has 1 heterocycles. The van der Waals surface area contributed by atoms with Gasteiger partial charge in [0.25, 0.3) is 0 Å². The molecule has 1 saturated carbocycles. The lowest BCUT2D eigenvalue weighted by molar-refractivity contribution is 0.236. The molecular weight excluding hydrogens is 278 g/mol. The van der Waals surface area contributed by atoms with E-state index < -0.39 is 0 Å². The molecule has 3 atom stereocenters. The van der Waals surface area contributed by atoms with Crippen molar-refractivity contribution in [3.63, 3.8) is 0 Å². The molecule has 0 bridgehead atoms. The Morgan fingerprint density at radius 2 is 2.29 bits per heavy atom. The summed E-state index contributed by atoms with van der Waals surface area (Å²) in [5, 5.41) is 0. The summed E-state index contributed by atoms with van der Waals surface area (Å²) in [6.45, 7) is 4.09. The Balaban J connectivity index is 2.04. The van der Waals surface area contributed by atoms with Crippen LogP contribution in [0.5, 0.6) is 0 Å². The second kappa shape index (κ2) is 5.46. The molecule has 1 aromatic heterocycles. The topological polar surface area (TPSA) is 42.1 Å². The molecule has 0 aromatic carbocycles. The third-order valence-corrected chi connectivity index (χ3v) is 4.10. The van der Waals surface area contributed by atoms with Crippen LogP contribution in [0.4, 0.5) is 0 Å². The Kier molecular flexibility index (Phi) is 4.17. The van der Waals surface area contributed by atoms with Crippen molar-refractivity contribution in [1.29, 1.82) is 0 Å². The van der Waals surface area contributed by atoms with Gasteiger partial charge >= 0.3 is 0 Å². The van der Waals surface area contributed by atoms with Gasteiger partial charge in [0.1, 0.15) is 0 Å². The molecule has 17 heavy (non-hydrogen) atoms. The van der Waals surface area contributed by atoms with Crippen LogP contribution in [0.25, 0.3) is 0 Å². The second-order valence-electron chi connectivity index (χ2n) is 5.10. The molecule has 0 spiro atoms. The zero-order chi connectivity index (χ0) is 12.4. The molecule has 2 rings (SSSR count). The van der Waals surface area contributed by atoms with Crippen LogP contribution in [0.1, 0.15) is 24.9 Å². The molecule has 1 aliphatic rings. The van der Waals surface area contributed by atoms with Crippen molar-refractivity contribution in [2.75, 3.05) is 20.1 Å². The van der Waals surface area contributed by atoms with Crippen LogP contribution < -0.4 is 5.73 Å². The van der Waals surface area contributed by atoms with Crippen molar-refractivity contribution in [3.8, 4) is 0 Å². The van der Waals surface area contributed by atoms with E-state index in [1.165, 1.54) is 12.0 Å². The van der Waals surface area contributed by atoms with Gasteiger partial charge in [-0.3, -0.25) is 9.88 Å². The van der Waals surface area contributed by atoms with Crippen molar-refractivity contribution >= 4 is 15.9 Å². The zero-order valence-corrected chi connectivity index (χ0v) is 12.0. The molecule has 0 amide bonds. The average Bonchev–Trinajstić information content (AvgIpc) is 2.95. The van der Waals surface area contributed by atoms with Gasteiger partial charge in [-0.05, 0) is 52.9 Å². The smallest absolute Gasteiger partial charge is 0.0483 e. The summed E-state index contributed by atoms with van der Waals surface area (Å²) in [7, 11) is 2.16. The number of hydrogen-bond acceptors (Lipinski definition) is 3. The SMILES string of the molecule is CC1CC1CN(C)C(CN)c1cncc(Br)c1. The standard InChI is InChI=1S/C13H20BrN3/c1-9-3-11(9)8-17(2)13(5-15)10-4-12(14)7-16-6-10/h4,6-7,9,11,13H,3,5,8,15H2,1-2H3. The van der Waals surface area contributed by atoms with Gasteiger partial charge in [0.15, 0.2) is 0 Å². The first-order valence-corrected chi connectivity index (χ1v) is 6.92. The van der Waals surface area contributed by atoms with Crippen LogP contribution in [-0.4, -0.2) is 30.0 Å². The summed E-state index contributed by atoms with van der Waals surface area (Å²) in [5.41, 5.74) is 7.09. The maximum absolute atomic E-state index is 5.90. The Morgan fingerprint density at radius 1 is 1.59 bits per heavy atom. The fraction of sp³-hybridized carbons (Fsp3) is 0.615. The predicted molar refractivity (Wildman–Crippen MR) is 73.6 cm³/mol. The number of aromatic nitrogens is 1. The molecule has 1 fully saturated rings. The first-order chi connectivity index (χ1) is 8.11. The molecule has 1 aliphatic carbocycles. The van der Waals surface area contributed by atoms with E-state index in [9.17, 15) is 0 Å². The molecule has 0 radical (unpaired) electrons.